The SMILES string of the molecule is CS(=O)(=O)NCCc1ccc(C(=O)N2CCC[C@H]2c2ccc3c(c2)OCCO3)cc1. The van der Waals surface area contributed by atoms with Crippen LogP contribution < -0.4 is 14.2 Å². The molecule has 1 N–H and O–H groups in total. The molecule has 0 aromatic heterocycles. The molecule has 30 heavy (non-hydrogen) atoms. The second-order valence-corrected chi connectivity index (χ2v) is 9.51. The summed E-state index contributed by atoms with van der Waals surface area (Å²) in [5.41, 5.74) is 2.68. The van der Waals surface area contributed by atoms with Crippen LogP contribution in [0.25, 0.3) is 0 Å². The summed E-state index contributed by atoms with van der Waals surface area (Å²) in [6.45, 7) is 2.15. The van der Waals surface area contributed by atoms with Crippen LogP contribution in [0, 0.1) is 0 Å². The lowest BCUT2D eigenvalue weighted by atomic mass is 10.0. The van der Waals surface area contributed by atoms with Gasteiger partial charge in [-0.25, -0.2) is 13.1 Å². The molecule has 1 atom stereocenters. The molecular weight excluding hydrogens is 404 g/mol. The number of hydrogen-bond donors (Lipinski definition) is 1. The molecule has 1 amide bonds. The fourth-order valence-electron chi connectivity index (χ4n) is 3.98. The molecule has 2 aliphatic rings. The molecule has 2 aliphatic heterocycles. The number of sulfonamides is 1. The van der Waals surface area contributed by atoms with Gasteiger partial charge in [0.1, 0.15) is 13.2 Å². The van der Waals surface area contributed by atoms with Gasteiger partial charge in [0, 0.05) is 18.7 Å². The van der Waals surface area contributed by atoms with Crippen LogP contribution >= 0.6 is 0 Å². The van der Waals surface area contributed by atoms with Gasteiger partial charge in [-0.1, -0.05) is 18.2 Å². The van der Waals surface area contributed by atoms with Gasteiger partial charge in [0.15, 0.2) is 11.5 Å². The average molecular weight is 431 g/mol. The molecule has 0 spiro atoms. The molecule has 8 heteroatoms. The fraction of sp³-hybridized carbons (Fsp3) is 0.409. The predicted molar refractivity (Wildman–Crippen MR) is 113 cm³/mol. The minimum absolute atomic E-state index is 0.00759. The number of ether oxygens (including phenoxy) is 2. The molecule has 7 nitrogen and oxygen atoms in total. The maximum absolute atomic E-state index is 13.2. The average Bonchev–Trinajstić information content (AvgIpc) is 3.22. The van der Waals surface area contributed by atoms with Crippen molar-refractivity contribution in [2.24, 2.45) is 0 Å². The molecule has 0 radical (unpaired) electrons. The van der Waals surface area contributed by atoms with E-state index in [1.165, 1.54) is 0 Å². The van der Waals surface area contributed by atoms with E-state index < -0.39 is 10.0 Å². The standard InChI is InChI=1S/C22H26N2O5S/c1-30(26,27)23-11-10-16-4-6-17(7-5-16)22(25)24-12-2-3-19(24)18-8-9-20-21(15-18)29-14-13-28-20/h4-9,15,19,23H,2-3,10-14H2,1H3/t19-/m0/s1. The first kappa shape index (κ1) is 20.7. The van der Waals surface area contributed by atoms with Crippen molar-refractivity contribution in [2.75, 3.05) is 32.6 Å². The van der Waals surface area contributed by atoms with Crippen LogP contribution in [0.2, 0.25) is 0 Å². The summed E-state index contributed by atoms with van der Waals surface area (Å²) in [6, 6.07) is 13.3. The van der Waals surface area contributed by atoms with Crippen molar-refractivity contribution in [3.8, 4) is 11.5 Å². The van der Waals surface area contributed by atoms with Crippen LogP contribution in [0.4, 0.5) is 0 Å². The van der Waals surface area contributed by atoms with Crippen LogP contribution in [0.15, 0.2) is 42.5 Å². The lowest BCUT2D eigenvalue weighted by Gasteiger charge is -2.27. The van der Waals surface area contributed by atoms with Crippen molar-refractivity contribution in [2.45, 2.75) is 25.3 Å². The minimum atomic E-state index is -3.19. The monoisotopic (exact) mass is 430 g/mol. The number of nitrogens with zero attached hydrogens (tertiary/aromatic N) is 1. The van der Waals surface area contributed by atoms with E-state index in [4.69, 9.17) is 9.47 Å². The number of fused-ring (bicyclic) bond motifs is 1. The van der Waals surface area contributed by atoms with Gasteiger partial charge in [0.2, 0.25) is 10.0 Å². The first-order valence-electron chi connectivity index (χ1n) is 10.1. The quantitative estimate of drug-likeness (QED) is 0.761. The van der Waals surface area contributed by atoms with Crippen LogP contribution in [0.1, 0.15) is 40.4 Å². The largest absolute Gasteiger partial charge is 0.486 e. The third kappa shape index (κ3) is 4.76. The van der Waals surface area contributed by atoms with E-state index in [-0.39, 0.29) is 11.9 Å². The van der Waals surface area contributed by atoms with Gasteiger partial charge < -0.3 is 14.4 Å². The van der Waals surface area contributed by atoms with Gasteiger partial charge in [-0.3, -0.25) is 4.79 Å². The molecule has 2 heterocycles. The summed E-state index contributed by atoms with van der Waals surface area (Å²) in [5, 5.41) is 0. The van der Waals surface area contributed by atoms with Crippen molar-refractivity contribution >= 4 is 15.9 Å². The first-order valence-corrected chi connectivity index (χ1v) is 12.0. The normalized spacial score (nSPS) is 18.4. The van der Waals surface area contributed by atoms with Crippen LogP contribution in [-0.4, -0.2) is 51.8 Å². The van der Waals surface area contributed by atoms with E-state index in [9.17, 15) is 13.2 Å². The van der Waals surface area contributed by atoms with Crippen molar-refractivity contribution in [1.82, 2.24) is 9.62 Å². The van der Waals surface area contributed by atoms with Crippen molar-refractivity contribution in [1.29, 1.82) is 0 Å². The third-order valence-corrected chi connectivity index (χ3v) is 6.17. The van der Waals surface area contributed by atoms with Crippen LogP contribution in [0.5, 0.6) is 11.5 Å². The Morgan fingerprint density at radius 1 is 1.10 bits per heavy atom. The highest BCUT2D eigenvalue weighted by atomic mass is 32.2. The van der Waals surface area contributed by atoms with E-state index in [2.05, 4.69) is 4.72 Å². The van der Waals surface area contributed by atoms with E-state index >= 15 is 0 Å². The van der Waals surface area contributed by atoms with Crippen molar-refractivity contribution in [3.63, 3.8) is 0 Å². The predicted octanol–water partition coefficient (Wildman–Crippen LogP) is 2.53. The number of nitrogens with one attached hydrogen (secondary N) is 1. The second-order valence-electron chi connectivity index (χ2n) is 7.67. The Morgan fingerprint density at radius 3 is 2.57 bits per heavy atom. The van der Waals surface area contributed by atoms with Crippen molar-refractivity contribution < 1.29 is 22.7 Å². The van der Waals surface area contributed by atoms with Gasteiger partial charge in [0.25, 0.3) is 5.91 Å². The summed E-state index contributed by atoms with van der Waals surface area (Å²) in [6.07, 6.45) is 3.59. The zero-order valence-electron chi connectivity index (χ0n) is 17.0. The van der Waals surface area contributed by atoms with Crippen molar-refractivity contribution in [3.05, 3.63) is 59.2 Å². The molecule has 4 rings (SSSR count). The van der Waals surface area contributed by atoms with E-state index in [0.29, 0.717) is 31.7 Å². The van der Waals surface area contributed by atoms with E-state index in [0.717, 1.165) is 48.3 Å². The summed E-state index contributed by atoms with van der Waals surface area (Å²) in [5.74, 6) is 1.50. The topological polar surface area (TPSA) is 84.9 Å². The smallest absolute Gasteiger partial charge is 0.254 e. The Morgan fingerprint density at radius 2 is 1.83 bits per heavy atom. The van der Waals surface area contributed by atoms with Crippen LogP contribution in [0.3, 0.4) is 0 Å². The van der Waals surface area contributed by atoms with Gasteiger partial charge in [0.05, 0.1) is 12.3 Å². The molecule has 0 unspecified atom stereocenters. The summed E-state index contributed by atoms with van der Waals surface area (Å²) in [4.78, 5) is 15.1. The summed E-state index contributed by atoms with van der Waals surface area (Å²) >= 11 is 0. The molecule has 2 aromatic carbocycles. The Hall–Kier alpha value is -2.58. The molecule has 0 saturated carbocycles. The number of carbonyl (C=O) groups excluding carboxylic acids is 1. The summed E-state index contributed by atoms with van der Waals surface area (Å²) < 4.78 is 36.1. The van der Waals surface area contributed by atoms with Gasteiger partial charge in [-0.15, -0.1) is 0 Å². The van der Waals surface area contributed by atoms with Gasteiger partial charge >= 0.3 is 0 Å². The molecule has 1 fully saturated rings. The Balaban J connectivity index is 1.44. The maximum Gasteiger partial charge on any atom is 0.254 e. The molecule has 160 valence electrons. The zero-order chi connectivity index (χ0) is 21.1. The summed E-state index contributed by atoms with van der Waals surface area (Å²) in [7, 11) is -3.19. The fourth-order valence-corrected chi connectivity index (χ4v) is 4.46. The highest BCUT2D eigenvalue weighted by molar-refractivity contribution is 7.88. The Labute approximate surface area is 177 Å². The number of rotatable bonds is 6. The van der Waals surface area contributed by atoms with Crippen LogP contribution in [-0.2, 0) is 16.4 Å². The number of amides is 1. The van der Waals surface area contributed by atoms with E-state index in [1.54, 1.807) is 0 Å². The number of likely N-dealkylation sites (tertiary alicyclic amines) is 1. The number of carbonyl (C=O) groups is 1. The maximum atomic E-state index is 13.2. The number of benzene rings is 2. The lowest BCUT2D eigenvalue weighted by Crippen LogP contribution is -2.30. The second kappa shape index (κ2) is 8.65. The van der Waals surface area contributed by atoms with Gasteiger partial charge in [-0.05, 0) is 54.7 Å². The highest BCUT2D eigenvalue weighted by Crippen LogP contribution is 2.38. The Kier molecular flexibility index (Phi) is 5.97. The van der Waals surface area contributed by atoms with E-state index in [1.807, 2.05) is 47.4 Å². The molecular formula is C22H26N2O5S. The molecule has 1 saturated heterocycles. The lowest BCUT2D eigenvalue weighted by molar-refractivity contribution is 0.0735. The minimum Gasteiger partial charge on any atom is -0.486 e. The highest BCUT2D eigenvalue weighted by Gasteiger charge is 2.31. The zero-order valence-corrected chi connectivity index (χ0v) is 17.8. The molecule has 2 aromatic rings. The molecule has 0 bridgehead atoms. The number of hydrogen-bond acceptors (Lipinski definition) is 5. The van der Waals surface area contributed by atoms with Gasteiger partial charge in [-0.2, -0.15) is 0 Å². The molecule has 0 aliphatic carbocycles. The third-order valence-electron chi connectivity index (χ3n) is 5.44. The Bertz CT molecular complexity index is 1020. The first-order chi connectivity index (χ1) is 14.4.